The van der Waals surface area contributed by atoms with Crippen LogP contribution in [0.25, 0.3) is 11.1 Å². The van der Waals surface area contributed by atoms with Gasteiger partial charge in [-0.3, -0.25) is 9.78 Å². The predicted octanol–water partition coefficient (Wildman–Crippen LogP) is 6.07. The van der Waals surface area contributed by atoms with Crippen molar-refractivity contribution < 1.29 is 22.7 Å². The number of aryl methyl sites for hydroxylation is 1. The van der Waals surface area contributed by atoms with Crippen LogP contribution >= 0.6 is 0 Å². The van der Waals surface area contributed by atoms with Crippen LogP contribution in [-0.2, 0) is 0 Å². The van der Waals surface area contributed by atoms with E-state index in [1.807, 2.05) is 13.0 Å². The van der Waals surface area contributed by atoms with E-state index in [1.54, 1.807) is 36.5 Å². The Morgan fingerprint density at radius 2 is 1.97 bits per heavy atom. The fraction of sp³-hybridized carbons (Fsp3) is 0.308. The molecule has 1 aliphatic rings. The molecule has 2 N–H and O–H groups in total. The lowest BCUT2D eigenvalue weighted by Gasteiger charge is -2.18. The lowest BCUT2D eigenvalue weighted by atomic mass is 9.96. The second-order valence-corrected chi connectivity index (χ2v) is 8.39. The van der Waals surface area contributed by atoms with Crippen LogP contribution < -0.4 is 15.4 Å². The predicted molar refractivity (Wildman–Crippen MR) is 125 cm³/mol. The number of ether oxygens (including phenoxy) is 1. The van der Waals surface area contributed by atoms with Crippen molar-refractivity contribution in [3.05, 3.63) is 77.6 Å². The third kappa shape index (κ3) is 5.94. The fourth-order valence-corrected chi connectivity index (χ4v) is 4.23. The van der Waals surface area contributed by atoms with Crippen molar-refractivity contribution in [1.82, 2.24) is 10.3 Å². The largest absolute Gasteiger partial charge is 0.573 e. The number of rotatable bonds is 5. The van der Waals surface area contributed by atoms with Crippen LogP contribution in [-0.4, -0.2) is 30.3 Å². The Labute approximate surface area is 196 Å². The first-order chi connectivity index (χ1) is 16.3. The molecule has 178 valence electrons. The first-order valence-electron chi connectivity index (χ1n) is 11.2. The molecule has 1 saturated heterocycles. The molecular weight excluding hydrogens is 443 g/mol. The summed E-state index contributed by atoms with van der Waals surface area (Å²) in [6, 6.07) is 14.5. The summed E-state index contributed by atoms with van der Waals surface area (Å²) in [6.45, 7) is 3.63. The van der Waals surface area contributed by atoms with Crippen LogP contribution in [0.5, 0.6) is 5.75 Å². The van der Waals surface area contributed by atoms with Crippen molar-refractivity contribution >= 4 is 11.6 Å². The number of hydrogen-bond donors (Lipinski definition) is 2. The molecule has 0 saturated carbocycles. The molecule has 3 aromatic rings. The number of carbonyl (C=O) groups excluding carboxylic acids is 1. The molecular formula is C26H26F3N3O2. The summed E-state index contributed by atoms with van der Waals surface area (Å²) in [4.78, 5) is 17.7. The summed E-state index contributed by atoms with van der Waals surface area (Å²) in [5, 5.41) is 6.41. The van der Waals surface area contributed by atoms with E-state index in [-0.39, 0.29) is 17.6 Å². The maximum Gasteiger partial charge on any atom is 0.573 e. The zero-order valence-corrected chi connectivity index (χ0v) is 18.8. The second kappa shape index (κ2) is 10.3. The standard InChI is InChI=1S/C26H26F3N3O2/c1-17-10-11-19(15-22(17)18-7-4-8-21(14-18)34-26(27,28)29)25(33)32-23-9-5-13-31-24(23)20-6-2-3-12-30-16-20/h4-5,7-11,13-15,20,30H,2-3,6,12,16H2,1H3,(H,32,33). The molecule has 1 atom stereocenters. The van der Waals surface area contributed by atoms with Gasteiger partial charge < -0.3 is 15.4 Å². The molecule has 0 bridgehead atoms. The number of halogens is 3. The van der Waals surface area contributed by atoms with Gasteiger partial charge in [-0.1, -0.05) is 24.6 Å². The van der Waals surface area contributed by atoms with Gasteiger partial charge in [0, 0.05) is 24.2 Å². The lowest BCUT2D eigenvalue weighted by Crippen LogP contribution is -2.22. The highest BCUT2D eigenvalue weighted by Gasteiger charge is 2.31. The van der Waals surface area contributed by atoms with Crippen molar-refractivity contribution in [3.63, 3.8) is 0 Å². The number of carbonyl (C=O) groups is 1. The minimum absolute atomic E-state index is 0.212. The molecule has 4 rings (SSSR count). The summed E-state index contributed by atoms with van der Waals surface area (Å²) in [5.74, 6) is -0.403. The normalized spacial score (nSPS) is 16.5. The minimum Gasteiger partial charge on any atom is -0.406 e. The van der Waals surface area contributed by atoms with Crippen molar-refractivity contribution in [2.45, 2.75) is 38.5 Å². The highest BCUT2D eigenvalue weighted by Crippen LogP contribution is 2.31. The Hall–Kier alpha value is -3.39. The summed E-state index contributed by atoms with van der Waals surface area (Å²) >= 11 is 0. The number of aromatic nitrogens is 1. The van der Waals surface area contributed by atoms with Crippen molar-refractivity contribution in [2.75, 3.05) is 18.4 Å². The number of hydrogen-bond acceptors (Lipinski definition) is 4. The number of alkyl halides is 3. The van der Waals surface area contributed by atoms with Crippen LogP contribution in [0.1, 0.15) is 46.8 Å². The maximum atomic E-state index is 13.1. The van der Waals surface area contributed by atoms with Crippen LogP contribution in [0.2, 0.25) is 0 Å². The smallest absolute Gasteiger partial charge is 0.406 e. The van der Waals surface area contributed by atoms with Crippen molar-refractivity contribution in [2.24, 2.45) is 0 Å². The number of anilines is 1. The molecule has 5 nitrogen and oxygen atoms in total. The highest BCUT2D eigenvalue weighted by atomic mass is 19.4. The SMILES string of the molecule is Cc1ccc(C(=O)Nc2cccnc2C2CCCCNC2)cc1-c1cccc(OC(F)(F)F)c1. The number of pyridine rings is 1. The maximum absolute atomic E-state index is 13.1. The molecule has 34 heavy (non-hydrogen) atoms. The Morgan fingerprint density at radius 1 is 1.12 bits per heavy atom. The topological polar surface area (TPSA) is 63.2 Å². The number of nitrogens with one attached hydrogen (secondary N) is 2. The van der Waals surface area contributed by atoms with E-state index in [2.05, 4.69) is 20.4 Å². The molecule has 1 aromatic heterocycles. The lowest BCUT2D eigenvalue weighted by molar-refractivity contribution is -0.274. The van der Waals surface area contributed by atoms with Gasteiger partial charge in [0.2, 0.25) is 0 Å². The van der Waals surface area contributed by atoms with E-state index in [1.165, 1.54) is 18.2 Å². The van der Waals surface area contributed by atoms with Crippen LogP contribution in [0.3, 0.4) is 0 Å². The zero-order valence-electron chi connectivity index (χ0n) is 18.8. The number of nitrogens with zero attached hydrogens (tertiary/aromatic N) is 1. The van der Waals surface area contributed by atoms with Gasteiger partial charge >= 0.3 is 6.36 Å². The number of benzene rings is 2. The van der Waals surface area contributed by atoms with Crippen molar-refractivity contribution in [1.29, 1.82) is 0 Å². The van der Waals surface area contributed by atoms with Crippen LogP contribution in [0.15, 0.2) is 60.8 Å². The monoisotopic (exact) mass is 469 g/mol. The molecule has 0 radical (unpaired) electrons. The van der Waals surface area contributed by atoms with E-state index in [4.69, 9.17) is 0 Å². The van der Waals surface area contributed by atoms with Gasteiger partial charge in [0.25, 0.3) is 5.91 Å². The van der Waals surface area contributed by atoms with E-state index in [0.717, 1.165) is 43.6 Å². The van der Waals surface area contributed by atoms with E-state index in [0.29, 0.717) is 22.4 Å². The van der Waals surface area contributed by atoms with Crippen LogP contribution in [0.4, 0.5) is 18.9 Å². The molecule has 0 aliphatic carbocycles. The van der Waals surface area contributed by atoms with Crippen LogP contribution in [0, 0.1) is 6.92 Å². The third-order valence-electron chi connectivity index (χ3n) is 5.90. The van der Waals surface area contributed by atoms with Crippen molar-refractivity contribution in [3.8, 4) is 16.9 Å². The third-order valence-corrected chi connectivity index (χ3v) is 5.90. The molecule has 0 spiro atoms. The van der Waals surface area contributed by atoms with Gasteiger partial charge in [-0.05, 0) is 79.4 Å². The average Bonchev–Trinajstić information content (AvgIpc) is 3.08. The van der Waals surface area contributed by atoms with Gasteiger partial charge in [-0.25, -0.2) is 0 Å². The van der Waals surface area contributed by atoms with Gasteiger partial charge in [-0.2, -0.15) is 0 Å². The first-order valence-corrected chi connectivity index (χ1v) is 11.2. The second-order valence-electron chi connectivity index (χ2n) is 8.39. The fourth-order valence-electron chi connectivity index (χ4n) is 4.23. The van der Waals surface area contributed by atoms with E-state index in [9.17, 15) is 18.0 Å². The average molecular weight is 470 g/mol. The quantitative estimate of drug-likeness (QED) is 0.477. The summed E-state index contributed by atoms with van der Waals surface area (Å²) < 4.78 is 42.0. The van der Waals surface area contributed by atoms with Gasteiger partial charge in [-0.15, -0.1) is 13.2 Å². The molecule has 2 heterocycles. The Bertz CT molecular complexity index is 1160. The molecule has 1 aliphatic heterocycles. The van der Waals surface area contributed by atoms with E-state index >= 15 is 0 Å². The Kier molecular flexibility index (Phi) is 7.17. The van der Waals surface area contributed by atoms with Gasteiger partial charge in [0.15, 0.2) is 0 Å². The summed E-state index contributed by atoms with van der Waals surface area (Å²) in [6.07, 6.45) is 0.171. The zero-order chi connectivity index (χ0) is 24.1. The minimum atomic E-state index is -4.77. The molecule has 1 fully saturated rings. The summed E-state index contributed by atoms with van der Waals surface area (Å²) in [5.41, 5.74) is 3.93. The molecule has 1 unspecified atom stereocenters. The number of amides is 1. The first kappa shape index (κ1) is 23.8. The highest BCUT2D eigenvalue weighted by molar-refractivity contribution is 6.05. The van der Waals surface area contributed by atoms with Gasteiger partial charge in [0.1, 0.15) is 5.75 Å². The van der Waals surface area contributed by atoms with E-state index < -0.39 is 6.36 Å². The van der Waals surface area contributed by atoms with Gasteiger partial charge in [0.05, 0.1) is 11.4 Å². The molecule has 1 amide bonds. The summed E-state index contributed by atoms with van der Waals surface area (Å²) in [7, 11) is 0. The molecule has 2 aromatic carbocycles. The Morgan fingerprint density at radius 3 is 2.79 bits per heavy atom. The molecule has 8 heteroatoms. The Balaban J connectivity index is 1.58.